The number of aromatic nitrogens is 3. The second-order valence-corrected chi connectivity index (χ2v) is 8.76. The van der Waals surface area contributed by atoms with E-state index in [2.05, 4.69) is 34.6 Å². The van der Waals surface area contributed by atoms with Crippen molar-refractivity contribution in [1.29, 1.82) is 0 Å². The van der Waals surface area contributed by atoms with Gasteiger partial charge in [0, 0.05) is 18.8 Å². The lowest BCUT2D eigenvalue weighted by atomic mass is 10.0. The molecule has 3 rings (SSSR count). The van der Waals surface area contributed by atoms with Gasteiger partial charge in [0.15, 0.2) is 5.65 Å². The molecule has 1 saturated heterocycles. The number of carbonyl (C=O) groups excluding carboxylic acids is 1. The molecule has 0 bridgehead atoms. The molecule has 2 aromatic heterocycles. The average Bonchev–Trinajstić information content (AvgIpc) is 3.17. The highest BCUT2D eigenvalue weighted by Gasteiger charge is 2.30. The summed E-state index contributed by atoms with van der Waals surface area (Å²) in [5.41, 5.74) is 8.92. The Bertz CT molecular complexity index is 841. The first-order chi connectivity index (χ1) is 12.1. The summed E-state index contributed by atoms with van der Waals surface area (Å²) in [6.45, 7) is 14.6. The third-order valence-electron chi connectivity index (χ3n) is 5.20. The van der Waals surface area contributed by atoms with E-state index in [-0.39, 0.29) is 42.2 Å². The lowest BCUT2D eigenvalue weighted by molar-refractivity contribution is 0.0789. The van der Waals surface area contributed by atoms with Crippen LogP contribution in [-0.2, 0) is 5.54 Å². The normalized spacial score (nSPS) is 17.0. The van der Waals surface area contributed by atoms with E-state index < -0.39 is 0 Å². The minimum Gasteiger partial charge on any atom is -0.338 e. The molecule has 1 amide bonds. The molecular weight excluding hydrogens is 397 g/mol. The Labute approximate surface area is 180 Å². The number of hydrogen-bond acceptors (Lipinski definition) is 4. The van der Waals surface area contributed by atoms with E-state index in [4.69, 9.17) is 15.8 Å². The van der Waals surface area contributed by atoms with Crippen LogP contribution in [0.1, 0.15) is 68.7 Å². The zero-order valence-electron chi connectivity index (χ0n) is 17.7. The maximum absolute atomic E-state index is 13.3. The maximum Gasteiger partial charge on any atom is 0.254 e. The first-order valence-corrected chi connectivity index (χ1v) is 9.53. The quantitative estimate of drug-likeness (QED) is 0.802. The zero-order valence-corrected chi connectivity index (χ0v) is 19.3. The van der Waals surface area contributed by atoms with Gasteiger partial charge in [-0.15, -0.1) is 24.8 Å². The highest BCUT2D eigenvalue weighted by molar-refractivity contribution is 6.06. The minimum atomic E-state index is -0.201. The Morgan fingerprint density at radius 3 is 2.46 bits per heavy atom. The molecule has 0 spiro atoms. The van der Waals surface area contributed by atoms with Crippen LogP contribution >= 0.6 is 24.8 Å². The summed E-state index contributed by atoms with van der Waals surface area (Å²) < 4.78 is 1.95. The Kier molecular flexibility index (Phi) is 7.90. The topological polar surface area (TPSA) is 77.0 Å². The van der Waals surface area contributed by atoms with Crippen LogP contribution in [0.3, 0.4) is 0 Å². The van der Waals surface area contributed by atoms with Crippen LogP contribution in [0.5, 0.6) is 0 Å². The molecule has 0 radical (unpaired) electrons. The highest BCUT2D eigenvalue weighted by atomic mass is 35.5. The van der Waals surface area contributed by atoms with Crippen molar-refractivity contribution in [2.45, 2.75) is 59.4 Å². The fourth-order valence-corrected chi connectivity index (χ4v) is 3.62. The van der Waals surface area contributed by atoms with Gasteiger partial charge in [-0.25, -0.2) is 9.67 Å². The third kappa shape index (κ3) is 4.44. The van der Waals surface area contributed by atoms with E-state index in [1.54, 1.807) is 0 Å². The van der Waals surface area contributed by atoms with Gasteiger partial charge < -0.3 is 10.6 Å². The number of pyridine rings is 1. The summed E-state index contributed by atoms with van der Waals surface area (Å²) in [5.74, 6) is 0.719. The van der Waals surface area contributed by atoms with Gasteiger partial charge in [0.25, 0.3) is 5.91 Å². The van der Waals surface area contributed by atoms with E-state index in [1.807, 2.05) is 22.6 Å². The molecule has 0 saturated carbocycles. The molecule has 2 N–H and O–H groups in total. The summed E-state index contributed by atoms with van der Waals surface area (Å²) in [6.07, 6.45) is 0.980. The van der Waals surface area contributed by atoms with Gasteiger partial charge in [-0.05, 0) is 58.6 Å². The van der Waals surface area contributed by atoms with Crippen LogP contribution in [-0.4, -0.2) is 45.2 Å². The molecule has 3 heterocycles. The van der Waals surface area contributed by atoms with Crippen molar-refractivity contribution in [2.24, 2.45) is 11.7 Å². The van der Waals surface area contributed by atoms with Crippen molar-refractivity contribution in [3.05, 3.63) is 23.0 Å². The molecule has 1 aliphatic rings. The van der Waals surface area contributed by atoms with Gasteiger partial charge in [-0.1, -0.05) is 13.8 Å². The number of nitrogens with zero attached hydrogens (tertiary/aromatic N) is 4. The van der Waals surface area contributed by atoms with Crippen molar-refractivity contribution in [3.8, 4) is 0 Å². The Morgan fingerprint density at radius 1 is 1.32 bits per heavy atom. The fourth-order valence-electron chi connectivity index (χ4n) is 3.62. The van der Waals surface area contributed by atoms with E-state index in [0.717, 1.165) is 47.5 Å². The molecule has 1 fully saturated rings. The molecule has 28 heavy (non-hydrogen) atoms. The van der Waals surface area contributed by atoms with Gasteiger partial charge in [-0.2, -0.15) is 5.10 Å². The molecule has 1 atom stereocenters. The molecule has 158 valence electrons. The Balaban J connectivity index is 0.00000196. The molecule has 1 aliphatic heterocycles. The van der Waals surface area contributed by atoms with Gasteiger partial charge in [0.1, 0.15) is 0 Å². The van der Waals surface area contributed by atoms with Crippen LogP contribution in [0.4, 0.5) is 0 Å². The van der Waals surface area contributed by atoms with E-state index in [1.165, 1.54) is 0 Å². The number of rotatable bonds is 3. The number of halogens is 2. The molecular formula is C20H33Cl2N5O. The van der Waals surface area contributed by atoms with Gasteiger partial charge in [0.2, 0.25) is 0 Å². The summed E-state index contributed by atoms with van der Waals surface area (Å²) in [7, 11) is 0. The Morgan fingerprint density at radius 2 is 1.96 bits per heavy atom. The van der Waals surface area contributed by atoms with Crippen LogP contribution in [0.25, 0.3) is 11.0 Å². The predicted octanol–water partition coefficient (Wildman–Crippen LogP) is 3.88. The van der Waals surface area contributed by atoms with Crippen LogP contribution in [0.15, 0.2) is 6.07 Å². The van der Waals surface area contributed by atoms with Crippen molar-refractivity contribution in [2.75, 3.05) is 19.6 Å². The van der Waals surface area contributed by atoms with Crippen LogP contribution < -0.4 is 5.73 Å². The standard InChI is InChI=1S/C20H31N5O.2ClH/c1-12(2)16-9-15(19(26)24-8-7-14(10-21)11-24)17-13(3)23-25(18(17)22-16)20(4,5)6;;/h9,12,14H,7-8,10-11,21H2,1-6H3;2*1H. The summed E-state index contributed by atoms with van der Waals surface area (Å²) in [4.78, 5) is 20.1. The minimum absolute atomic E-state index is 0. The molecule has 0 aliphatic carbocycles. The number of nitrogens with two attached hydrogens (primary N) is 1. The van der Waals surface area contributed by atoms with Crippen LogP contribution in [0, 0.1) is 12.8 Å². The van der Waals surface area contributed by atoms with Crippen molar-refractivity contribution in [3.63, 3.8) is 0 Å². The molecule has 8 heteroatoms. The second kappa shape index (κ2) is 8.97. The first-order valence-electron chi connectivity index (χ1n) is 9.53. The largest absolute Gasteiger partial charge is 0.338 e. The number of aryl methyl sites for hydroxylation is 1. The predicted molar refractivity (Wildman–Crippen MR) is 119 cm³/mol. The highest BCUT2D eigenvalue weighted by Crippen LogP contribution is 2.30. The fraction of sp³-hybridized carbons (Fsp3) is 0.650. The summed E-state index contributed by atoms with van der Waals surface area (Å²) in [5, 5.41) is 5.61. The van der Waals surface area contributed by atoms with E-state index in [0.29, 0.717) is 12.5 Å². The van der Waals surface area contributed by atoms with Gasteiger partial charge >= 0.3 is 0 Å². The van der Waals surface area contributed by atoms with Gasteiger partial charge in [-0.3, -0.25) is 4.79 Å². The smallest absolute Gasteiger partial charge is 0.254 e. The molecule has 6 nitrogen and oxygen atoms in total. The second-order valence-electron chi connectivity index (χ2n) is 8.76. The van der Waals surface area contributed by atoms with E-state index >= 15 is 0 Å². The lowest BCUT2D eigenvalue weighted by Crippen LogP contribution is -2.30. The summed E-state index contributed by atoms with van der Waals surface area (Å²) in [6, 6.07) is 1.97. The molecule has 1 unspecified atom stereocenters. The van der Waals surface area contributed by atoms with Crippen molar-refractivity contribution in [1.82, 2.24) is 19.7 Å². The maximum atomic E-state index is 13.3. The molecule has 2 aromatic rings. The molecule has 0 aromatic carbocycles. The van der Waals surface area contributed by atoms with E-state index in [9.17, 15) is 4.79 Å². The third-order valence-corrected chi connectivity index (χ3v) is 5.20. The zero-order chi connectivity index (χ0) is 19.2. The van der Waals surface area contributed by atoms with Crippen LogP contribution in [0.2, 0.25) is 0 Å². The van der Waals surface area contributed by atoms with Gasteiger partial charge in [0.05, 0.1) is 22.2 Å². The SMILES string of the molecule is Cc1nn(C(C)(C)C)c2nc(C(C)C)cc(C(=O)N3CCC(CN)C3)c12.Cl.Cl. The Hall–Kier alpha value is -1.37. The monoisotopic (exact) mass is 429 g/mol. The summed E-state index contributed by atoms with van der Waals surface area (Å²) >= 11 is 0. The lowest BCUT2D eigenvalue weighted by Gasteiger charge is -2.21. The number of carbonyl (C=O) groups is 1. The van der Waals surface area contributed by atoms with Crippen molar-refractivity contribution >= 4 is 41.8 Å². The number of hydrogen-bond donors (Lipinski definition) is 1. The number of amides is 1. The van der Waals surface area contributed by atoms with Crippen molar-refractivity contribution < 1.29 is 4.79 Å². The number of fused-ring (bicyclic) bond motifs is 1. The average molecular weight is 430 g/mol. The number of likely N-dealkylation sites (tertiary alicyclic amines) is 1. The first kappa shape index (κ1) is 24.7.